The maximum atomic E-state index is 13.1. The number of rotatable bonds is 5. The summed E-state index contributed by atoms with van der Waals surface area (Å²) in [6.45, 7) is 2.20. The standard InChI is InChI=1S/C16H17F2NO/c1-11(13-3-2-4-15(18)9-13)19-10-16(20)12-5-7-14(17)8-6-12/h2-9,11,16,19-20H,10H2,1H3. The van der Waals surface area contributed by atoms with Crippen molar-refractivity contribution in [3.8, 4) is 0 Å². The summed E-state index contributed by atoms with van der Waals surface area (Å²) in [6.07, 6.45) is -0.730. The molecule has 4 heteroatoms. The van der Waals surface area contributed by atoms with Crippen molar-refractivity contribution >= 4 is 0 Å². The minimum atomic E-state index is -0.730. The molecule has 0 aromatic heterocycles. The summed E-state index contributed by atoms with van der Waals surface area (Å²) in [5, 5.41) is 13.1. The lowest BCUT2D eigenvalue weighted by atomic mass is 10.1. The topological polar surface area (TPSA) is 32.3 Å². The molecule has 20 heavy (non-hydrogen) atoms. The van der Waals surface area contributed by atoms with E-state index in [1.807, 2.05) is 13.0 Å². The molecule has 0 aliphatic carbocycles. The molecule has 106 valence electrons. The van der Waals surface area contributed by atoms with Gasteiger partial charge in [-0.15, -0.1) is 0 Å². The van der Waals surface area contributed by atoms with E-state index in [2.05, 4.69) is 5.32 Å². The molecule has 2 atom stereocenters. The molecule has 0 radical (unpaired) electrons. The largest absolute Gasteiger partial charge is 0.387 e. The van der Waals surface area contributed by atoms with Crippen LogP contribution in [0.1, 0.15) is 30.2 Å². The Kier molecular flexibility index (Phi) is 4.82. The minimum absolute atomic E-state index is 0.0826. The smallest absolute Gasteiger partial charge is 0.123 e. The van der Waals surface area contributed by atoms with Crippen LogP contribution in [-0.2, 0) is 0 Å². The second-order valence-electron chi connectivity index (χ2n) is 4.75. The van der Waals surface area contributed by atoms with Crippen LogP contribution in [0.2, 0.25) is 0 Å². The molecule has 2 N–H and O–H groups in total. The molecule has 2 rings (SSSR count). The van der Waals surface area contributed by atoms with E-state index in [9.17, 15) is 13.9 Å². The average Bonchev–Trinajstić information content (AvgIpc) is 2.45. The van der Waals surface area contributed by atoms with Crippen molar-refractivity contribution in [2.24, 2.45) is 0 Å². The predicted octanol–water partition coefficient (Wildman–Crippen LogP) is 3.35. The normalized spacial score (nSPS) is 14.0. The van der Waals surface area contributed by atoms with Gasteiger partial charge in [0.05, 0.1) is 6.10 Å². The Morgan fingerprint density at radius 1 is 1.00 bits per heavy atom. The fourth-order valence-electron chi connectivity index (χ4n) is 1.98. The van der Waals surface area contributed by atoms with E-state index in [0.717, 1.165) is 5.56 Å². The van der Waals surface area contributed by atoms with E-state index in [1.54, 1.807) is 18.2 Å². The van der Waals surface area contributed by atoms with Crippen molar-refractivity contribution in [2.75, 3.05) is 6.54 Å². The van der Waals surface area contributed by atoms with Gasteiger partial charge in [0.1, 0.15) is 11.6 Å². The van der Waals surface area contributed by atoms with Gasteiger partial charge in [-0.05, 0) is 42.3 Å². The Morgan fingerprint density at radius 3 is 2.35 bits per heavy atom. The lowest BCUT2D eigenvalue weighted by Crippen LogP contribution is -2.24. The fourth-order valence-corrected chi connectivity index (χ4v) is 1.98. The maximum Gasteiger partial charge on any atom is 0.123 e. The van der Waals surface area contributed by atoms with Crippen LogP contribution < -0.4 is 5.32 Å². The van der Waals surface area contributed by atoms with E-state index >= 15 is 0 Å². The van der Waals surface area contributed by atoms with Crippen molar-refractivity contribution in [3.05, 3.63) is 71.3 Å². The number of aliphatic hydroxyl groups is 1. The number of aliphatic hydroxyl groups excluding tert-OH is 1. The Balaban J connectivity index is 1.93. The van der Waals surface area contributed by atoms with Gasteiger partial charge < -0.3 is 10.4 Å². The molecule has 2 aromatic carbocycles. The van der Waals surface area contributed by atoms with Crippen molar-refractivity contribution in [1.82, 2.24) is 5.32 Å². The van der Waals surface area contributed by atoms with Crippen LogP contribution in [0.25, 0.3) is 0 Å². The Labute approximate surface area is 117 Å². The highest BCUT2D eigenvalue weighted by molar-refractivity contribution is 5.21. The van der Waals surface area contributed by atoms with Crippen molar-refractivity contribution < 1.29 is 13.9 Å². The molecule has 2 aromatic rings. The molecule has 0 saturated carbocycles. The first kappa shape index (κ1) is 14.6. The van der Waals surface area contributed by atoms with Gasteiger partial charge in [0.25, 0.3) is 0 Å². The third kappa shape index (κ3) is 3.85. The molecule has 0 amide bonds. The number of hydrogen-bond donors (Lipinski definition) is 2. The van der Waals surface area contributed by atoms with Gasteiger partial charge in [-0.25, -0.2) is 8.78 Å². The van der Waals surface area contributed by atoms with E-state index in [4.69, 9.17) is 0 Å². The van der Waals surface area contributed by atoms with Crippen LogP contribution in [0, 0.1) is 11.6 Å². The molecule has 0 aliphatic rings. The first-order valence-electron chi connectivity index (χ1n) is 6.48. The summed E-state index contributed by atoms with van der Waals surface area (Å²) in [5.41, 5.74) is 1.46. The number of nitrogens with one attached hydrogen (secondary N) is 1. The second kappa shape index (κ2) is 6.59. The third-order valence-corrected chi connectivity index (χ3v) is 3.22. The maximum absolute atomic E-state index is 13.1. The highest BCUT2D eigenvalue weighted by atomic mass is 19.1. The van der Waals surface area contributed by atoms with E-state index in [1.165, 1.54) is 24.3 Å². The summed E-state index contributed by atoms with van der Waals surface area (Å²) in [7, 11) is 0. The molecule has 0 bridgehead atoms. The molecule has 0 aliphatic heterocycles. The molecular formula is C16H17F2NO. The van der Waals surface area contributed by atoms with Gasteiger partial charge in [-0.1, -0.05) is 24.3 Å². The SMILES string of the molecule is CC(NCC(O)c1ccc(F)cc1)c1cccc(F)c1. The lowest BCUT2D eigenvalue weighted by Gasteiger charge is -2.18. The van der Waals surface area contributed by atoms with Gasteiger partial charge in [0, 0.05) is 12.6 Å². The van der Waals surface area contributed by atoms with Crippen molar-refractivity contribution in [1.29, 1.82) is 0 Å². The van der Waals surface area contributed by atoms with Gasteiger partial charge in [-0.3, -0.25) is 0 Å². The molecule has 0 spiro atoms. The lowest BCUT2D eigenvalue weighted by molar-refractivity contribution is 0.170. The number of halogens is 2. The summed E-state index contributed by atoms with van der Waals surface area (Å²) >= 11 is 0. The molecule has 2 nitrogen and oxygen atoms in total. The van der Waals surface area contributed by atoms with Crippen LogP contribution in [-0.4, -0.2) is 11.7 Å². The van der Waals surface area contributed by atoms with Crippen LogP contribution in [0.3, 0.4) is 0 Å². The average molecular weight is 277 g/mol. The fraction of sp³-hybridized carbons (Fsp3) is 0.250. The summed E-state index contributed by atoms with van der Waals surface area (Å²) in [5.74, 6) is -0.614. The predicted molar refractivity (Wildman–Crippen MR) is 74.2 cm³/mol. The Hall–Kier alpha value is -1.78. The second-order valence-corrected chi connectivity index (χ2v) is 4.75. The van der Waals surface area contributed by atoms with Crippen molar-refractivity contribution in [2.45, 2.75) is 19.1 Å². The van der Waals surface area contributed by atoms with Crippen LogP contribution in [0.5, 0.6) is 0 Å². The molecule has 0 heterocycles. The zero-order valence-electron chi connectivity index (χ0n) is 11.2. The Morgan fingerprint density at radius 2 is 1.70 bits per heavy atom. The quantitative estimate of drug-likeness (QED) is 0.878. The number of benzene rings is 2. The zero-order valence-corrected chi connectivity index (χ0v) is 11.2. The third-order valence-electron chi connectivity index (χ3n) is 3.22. The first-order valence-corrected chi connectivity index (χ1v) is 6.48. The van der Waals surface area contributed by atoms with Gasteiger partial charge in [-0.2, -0.15) is 0 Å². The zero-order chi connectivity index (χ0) is 14.5. The van der Waals surface area contributed by atoms with Crippen LogP contribution in [0.4, 0.5) is 8.78 Å². The summed E-state index contributed by atoms with van der Waals surface area (Å²) in [6, 6.07) is 12.0. The van der Waals surface area contributed by atoms with Gasteiger partial charge in [0.2, 0.25) is 0 Å². The van der Waals surface area contributed by atoms with Crippen LogP contribution in [0.15, 0.2) is 48.5 Å². The van der Waals surface area contributed by atoms with Gasteiger partial charge >= 0.3 is 0 Å². The van der Waals surface area contributed by atoms with Crippen LogP contribution >= 0.6 is 0 Å². The van der Waals surface area contributed by atoms with E-state index in [0.29, 0.717) is 12.1 Å². The monoisotopic (exact) mass is 277 g/mol. The first-order chi connectivity index (χ1) is 9.56. The Bertz CT molecular complexity index is 557. The summed E-state index contributed by atoms with van der Waals surface area (Å²) in [4.78, 5) is 0. The minimum Gasteiger partial charge on any atom is -0.387 e. The van der Waals surface area contributed by atoms with E-state index < -0.39 is 6.10 Å². The highest BCUT2D eigenvalue weighted by Gasteiger charge is 2.11. The van der Waals surface area contributed by atoms with Gasteiger partial charge in [0.15, 0.2) is 0 Å². The van der Waals surface area contributed by atoms with Crippen molar-refractivity contribution in [3.63, 3.8) is 0 Å². The molecule has 0 fully saturated rings. The highest BCUT2D eigenvalue weighted by Crippen LogP contribution is 2.16. The molecular weight excluding hydrogens is 260 g/mol. The number of hydrogen-bond acceptors (Lipinski definition) is 2. The van der Waals surface area contributed by atoms with E-state index in [-0.39, 0.29) is 17.7 Å². The molecule has 0 saturated heterocycles. The summed E-state index contributed by atoms with van der Waals surface area (Å²) < 4.78 is 25.9. The molecule has 2 unspecified atom stereocenters.